The molecule has 2 atom stereocenters. The minimum absolute atomic E-state index is 0.0468. The predicted octanol–water partition coefficient (Wildman–Crippen LogP) is 10.9. The number of carbonyl (C=O) groups is 2. The Morgan fingerprint density at radius 2 is 1.12 bits per heavy atom. The van der Waals surface area contributed by atoms with E-state index in [0.717, 1.165) is 64.2 Å². The molecule has 0 amide bonds. The highest BCUT2D eigenvalue weighted by Gasteiger charge is 2.25. The lowest BCUT2D eigenvalue weighted by Crippen LogP contribution is -2.29. The number of unbranched alkanes of at least 4 members (excludes halogenated alkanes) is 18. The Hall–Kier alpha value is -2.29. The summed E-state index contributed by atoms with van der Waals surface area (Å²) in [6.07, 6.45) is 41.4. The Morgan fingerprint density at radius 1 is 0.647 bits per heavy atom. The van der Waals surface area contributed by atoms with Crippen LogP contribution in [-0.4, -0.2) is 49.3 Å². The van der Waals surface area contributed by atoms with E-state index in [2.05, 4.69) is 31.7 Å². The lowest BCUT2D eigenvalue weighted by molar-refractivity contribution is -0.161. The largest absolute Gasteiger partial charge is 0.472 e. The van der Waals surface area contributed by atoms with Crippen molar-refractivity contribution >= 4 is 19.8 Å². The number of esters is 2. The molecule has 0 bridgehead atoms. The average molecular weight is 738 g/mol. The van der Waals surface area contributed by atoms with E-state index in [1.165, 1.54) is 57.8 Å². The van der Waals surface area contributed by atoms with Crippen LogP contribution in [0.25, 0.3) is 0 Å². The molecule has 294 valence electrons. The molecule has 0 saturated heterocycles. The van der Waals surface area contributed by atoms with Gasteiger partial charge in [-0.05, 0) is 44.9 Å². The van der Waals surface area contributed by atoms with Crippen molar-refractivity contribution in [2.24, 2.45) is 5.73 Å². The fourth-order valence-corrected chi connectivity index (χ4v) is 5.98. The molecule has 0 aromatic rings. The van der Waals surface area contributed by atoms with Crippen molar-refractivity contribution in [3.63, 3.8) is 0 Å². The number of phosphoric acid groups is 1. The molecule has 0 aromatic carbocycles. The summed E-state index contributed by atoms with van der Waals surface area (Å²) >= 11 is 0. The Bertz CT molecular complexity index is 1010. The van der Waals surface area contributed by atoms with Gasteiger partial charge in [-0.1, -0.05) is 151 Å². The zero-order valence-electron chi connectivity index (χ0n) is 31.9. The first-order chi connectivity index (χ1) is 24.8. The first-order valence-corrected chi connectivity index (χ1v) is 21.3. The van der Waals surface area contributed by atoms with E-state index in [0.29, 0.717) is 12.8 Å². The Kier molecular flexibility index (Phi) is 35.8. The highest BCUT2D eigenvalue weighted by molar-refractivity contribution is 7.47. The van der Waals surface area contributed by atoms with Gasteiger partial charge in [-0.15, -0.1) is 6.58 Å². The Labute approximate surface area is 310 Å². The van der Waals surface area contributed by atoms with E-state index < -0.39 is 32.5 Å². The molecule has 0 aliphatic rings. The van der Waals surface area contributed by atoms with Gasteiger partial charge in [-0.3, -0.25) is 18.6 Å². The standard InChI is InChI=1S/C41H72NO8P/c1-3-5-7-9-11-13-15-17-19-21-23-25-27-29-31-33-40(43)47-37-39(38-49-51(45,46)48-36-35-42)50-41(44)34-32-30-28-26-24-22-20-18-16-14-12-10-8-6-4-2/h4-5,7,9,11,13,15,17,19,39H,2-3,6,8,10,12,14,16,18,20-38,42H2,1H3,(H,45,46)/b7-5+,11-9+,15-13+,19-17+/t39-/m1/s1. The zero-order chi connectivity index (χ0) is 37.5. The van der Waals surface area contributed by atoms with E-state index in [1.54, 1.807) is 0 Å². The molecule has 0 spiro atoms. The van der Waals surface area contributed by atoms with Gasteiger partial charge in [0.1, 0.15) is 6.61 Å². The van der Waals surface area contributed by atoms with Crippen molar-refractivity contribution in [1.82, 2.24) is 0 Å². The number of phosphoric ester groups is 1. The number of ether oxygens (including phenoxy) is 2. The molecule has 0 aliphatic carbocycles. The third-order valence-electron chi connectivity index (χ3n) is 8.13. The molecule has 0 aliphatic heterocycles. The first-order valence-electron chi connectivity index (χ1n) is 19.8. The molecule has 0 heterocycles. The van der Waals surface area contributed by atoms with Gasteiger partial charge < -0.3 is 20.1 Å². The van der Waals surface area contributed by atoms with Crippen LogP contribution < -0.4 is 5.73 Å². The van der Waals surface area contributed by atoms with Crippen molar-refractivity contribution in [3.05, 3.63) is 61.3 Å². The summed E-state index contributed by atoms with van der Waals surface area (Å²) < 4.78 is 32.7. The molecule has 9 nitrogen and oxygen atoms in total. The molecular formula is C41H72NO8P. The summed E-state index contributed by atoms with van der Waals surface area (Å²) in [5, 5.41) is 0. The topological polar surface area (TPSA) is 134 Å². The third kappa shape index (κ3) is 37.3. The third-order valence-corrected chi connectivity index (χ3v) is 9.11. The number of hydrogen-bond acceptors (Lipinski definition) is 8. The maximum atomic E-state index is 12.5. The molecule has 1 unspecified atom stereocenters. The summed E-state index contributed by atoms with van der Waals surface area (Å²) in [6.45, 7) is 5.06. The number of allylic oxidation sites excluding steroid dienone is 9. The summed E-state index contributed by atoms with van der Waals surface area (Å²) in [7, 11) is -4.38. The number of rotatable bonds is 37. The molecule has 3 N–H and O–H groups in total. The molecule has 51 heavy (non-hydrogen) atoms. The number of carbonyl (C=O) groups excluding carboxylic acids is 2. The second-order valence-corrected chi connectivity index (χ2v) is 14.4. The van der Waals surface area contributed by atoms with Gasteiger partial charge in [0.05, 0.1) is 13.2 Å². The van der Waals surface area contributed by atoms with Crippen LogP contribution in [-0.2, 0) is 32.7 Å². The predicted molar refractivity (Wildman–Crippen MR) is 210 cm³/mol. The van der Waals surface area contributed by atoms with Crippen LogP contribution in [0.4, 0.5) is 0 Å². The van der Waals surface area contributed by atoms with Crippen LogP contribution in [0.3, 0.4) is 0 Å². The van der Waals surface area contributed by atoms with Gasteiger partial charge >= 0.3 is 19.8 Å². The Balaban J connectivity index is 4.23. The normalized spacial score (nSPS) is 13.8. The summed E-state index contributed by atoms with van der Waals surface area (Å²) in [5.74, 6) is -0.863. The van der Waals surface area contributed by atoms with Gasteiger partial charge in [0, 0.05) is 19.4 Å². The minimum Gasteiger partial charge on any atom is -0.462 e. The van der Waals surface area contributed by atoms with E-state index in [4.69, 9.17) is 24.3 Å². The maximum Gasteiger partial charge on any atom is 0.472 e. The van der Waals surface area contributed by atoms with Crippen molar-refractivity contribution < 1.29 is 37.6 Å². The van der Waals surface area contributed by atoms with E-state index >= 15 is 0 Å². The molecule has 0 radical (unpaired) electrons. The van der Waals surface area contributed by atoms with Crippen molar-refractivity contribution in [2.45, 2.75) is 161 Å². The van der Waals surface area contributed by atoms with Crippen LogP contribution in [0, 0.1) is 0 Å². The van der Waals surface area contributed by atoms with Crippen molar-refractivity contribution in [1.29, 1.82) is 0 Å². The molecular weight excluding hydrogens is 665 g/mol. The van der Waals surface area contributed by atoms with Gasteiger partial charge in [-0.25, -0.2) is 4.57 Å². The lowest BCUT2D eigenvalue weighted by Gasteiger charge is -2.19. The van der Waals surface area contributed by atoms with Crippen molar-refractivity contribution in [2.75, 3.05) is 26.4 Å². The van der Waals surface area contributed by atoms with Crippen LogP contribution in [0.2, 0.25) is 0 Å². The second-order valence-electron chi connectivity index (χ2n) is 12.9. The monoisotopic (exact) mass is 737 g/mol. The van der Waals surface area contributed by atoms with Gasteiger partial charge in [0.25, 0.3) is 0 Å². The minimum atomic E-state index is -4.38. The summed E-state index contributed by atoms with van der Waals surface area (Å²) in [6, 6.07) is 0. The molecule has 0 fully saturated rings. The highest BCUT2D eigenvalue weighted by Crippen LogP contribution is 2.43. The molecule has 10 heteroatoms. The Morgan fingerprint density at radius 3 is 1.65 bits per heavy atom. The summed E-state index contributed by atoms with van der Waals surface area (Å²) in [5.41, 5.74) is 5.33. The maximum absolute atomic E-state index is 12.5. The number of nitrogens with two attached hydrogens (primary N) is 1. The van der Waals surface area contributed by atoms with Crippen LogP contribution in [0.5, 0.6) is 0 Å². The molecule has 0 rings (SSSR count). The summed E-state index contributed by atoms with van der Waals surface area (Å²) in [4.78, 5) is 34.8. The van der Waals surface area contributed by atoms with E-state index in [1.807, 2.05) is 36.5 Å². The van der Waals surface area contributed by atoms with Gasteiger partial charge in [-0.2, -0.15) is 0 Å². The SMILES string of the molecule is C=CCCCCCCCCCCCCCCCC(=O)O[C@H](COC(=O)CCCCCCC/C=C/C=C/C=C/C=C/CC)COP(=O)(O)OCCN. The fraction of sp³-hybridized carbons (Fsp3) is 0.707. The lowest BCUT2D eigenvalue weighted by atomic mass is 10.0. The first kappa shape index (κ1) is 48.7. The van der Waals surface area contributed by atoms with Crippen molar-refractivity contribution in [3.8, 4) is 0 Å². The van der Waals surface area contributed by atoms with E-state index in [-0.39, 0.29) is 32.6 Å². The second kappa shape index (κ2) is 37.5. The number of hydrogen-bond donors (Lipinski definition) is 2. The molecule has 0 aromatic heterocycles. The van der Waals surface area contributed by atoms with E-state index in [9.17, 15) is 19.0 Å². The van der Waals surface area contributed by atoms with Crippen LogP contribution in [0.15, 0.2) is 61.3 Å². The van der Waals surface area contributed by atoms with Gasteiger partial charge in [0.15, 0.2) is 6.10 Å². The van der Waals surface area contributed by atoms with Crippen LogP contribution >= 0.6 is 7.82 Å². The fourth-order valence-electron chi connectivity index (χ4n) is 5.21. The molecule has 0 saturated carbocycles. The quantitative estimate of drug-likeness (QED) is 0.0210. The highest BCUT2D eigenvalue weighted by atomic mass is 31.2. The average Bonchev–Trinajstić information content (AvgIpc) is 3.11. The van der Waals surface area contributed by atoms with Gasteiger partial charge in [0.2, 0.25) is 0 Å². The zero-order valence-corrected chi connectivity index (χ0v) is 32.8. The smallest absolute Gasteiger partial charge is 0.462 e. The van der Waals surface area contributed by atoms with Crippen LogP contribution in [0.1, 0.15) is 155 Å².